The van der Waals surface area contributed by atoms with E-state index >= 15 is 0 Å². The highest BCUT2D eigenvalue weighted by molar-refractivity contribution is 4.97. The Morgan fingerprint density at radius 3 is 2.24 bits per heavy atom. The van der Waals surface area contributed by atoms with Gasteiger partial charge in [-0.05, 0) is 51.0 Å². The van der Waals surface area contributed by atoms with E-state index in [4.69, 9.17) is 4.74 Å². The summed E-state index contributed by atoms with van der Waals surface area (Å²) >= 11 is 0. The van der Waals surface area contributed by atoms with Gasteiger partial charge >= 0.3 is 0 Å². The Labute approximate surface area is 108 Å². The molecule has 2 heteroatoms. The monoisotopic (exact) mass is 241 g/mol. The topological polar surface area (TPSA) is 21.3 Å². The molecular formula is C15H31NO. The number of ether oxygens (including phenoxy) is 1. The number of nitrogens with one attached hydrogen (secondary N) is 1. The molecule has 102 valence electrons. The van der Waals surface area contributed by atoms with Crippen LogP contribution in [0.3, 0.4) is 0 Å². The Kier molecular flexibility index (Phi) is 5.94. The second kappa shape index (κ2) is 6.75. The molecule has 0 aliphatic heterocycles. The molecule has 0 saturated heterocycles. The molecule has 1 atom stereocenters. The second-order valence-electron chi connectivity index (χ2n) is 5.96. The largest absolute Gasteiger partial charge is 0.374 e. The standard InChI is InChI=1S/C15H31NO/c1-6-16-14(12(3)4)15(17-7-2)10-8-13(5)9-11-15/h12-14,16H,6-11H2,1-5H3. The van der Waals surface area contributed by atoms with Crippen LogP contribution in [0.5, 0.6) is 0 Å². The summed E-state index contributed by atoms with van der Waals surface area (Å²) in [6.45, 7) is 13.2. The predicted octanol–water partition coefficient (Wildman–Crippen LogP) is 3.61. The van der Waals surface area contributed by atoms with Gasteiger partial charge in [0.1, 0.15) is 0 Å². The molecule has 0 spiro atoms. The lowest BCUT2D eigenvalue weighted by Crippen LogP contribution is -2.56. The number of hydrogen-bond donors (Lipinski definition) is 1. The van der Waals surface area contributed by atoms with Crippen LogP contribution in [0.2, 0.25) is 0 Å². The van der Waals surface area contributed by atoms with Gasteiger partial charge in [0, 0.05) is 12.6 Å². The minimum Gasteiger partial charge on any atom is -0.374 e. The maximum absolute atomic E-state index is 6.23. The van der Waals surface area contributed by atoms with E-state index in [0.717, 1.165) is 19.1 Å². The van der Waals surface area contributed by atoms with Gasteiger partial charge in [0.25, 0.3) is 0 Å². The van der Waals surface area contributed by atoms with E-state index in [2.05, 4.69) is 39.9 Å². The zero-order chi connectivity index (χ0) is 12.9. The predicted molar refractivity (Wildman–Crippen MR) is 74.3 cm³/mol. The first-order valence-corrected chi connectivity index (χ1v) is 7.43. The van der Waals surface area contributed by atoms with Crippen LogP contribution in [-0.4, -0.2) is 24.8 Å². The van der Waals surface area contributed by atoms with E-state index in [-0.39, 0.29) is 5.60 Å². The zero-order valence-corrected chi connectivity index (χ0v) is 12.4. The fraction of sp³-hybridized carbons (Fsp3) is 1.00. The summed E-state index contributed by atoms with van der Waals surface area (Å²) in [5, 5.41) is 3.67. The molecule has 0 radical (unpaired) electrons. The maximum Gasteiger partial charge on any atom is 0.0837 e. The van der Waals surface area contributed by atoms with Crippen LogP contribution in [0, 0.1) is 11.8 Å². The van der Waals surface area contributed by atoms with Crippen LogP contribution >= 0.6 is 0 Å². The van der Waals surface area contributed by atoms with Gasteiger partial charge in [-0.25, -0.2) is 0 Å². The van der Waals surface area contributed by atoms with Crippen molar-refractivity contribution in [2.75, 3.05) is 13.2 Å². The SMILES string of the molecule is CCNC(C(C)C)C1(OCC)CCC(C)CC1. The van der Waals surface area contributed by atoms with Crippen molar-refractivity contribution in [3.63, 3.8) is 0 Å². The van der Waals surface area contributed by atoms with Crippen LogP contribution in [0.25, 0.3) is 0 Å². The third-order valence-electron chi connectivity index (χ3n) is 4.21. The van der Waals surface area contributed by atoms with Gasteiger partial charge in [-0.3, -0.25) is 0 Å². The molecule has 1 aliphatic rings. The minimum atomic E-state index is 0.0887. The van der Waals surface area contributed by atoms with Crippen molar-refractivity contribution >= 4 is 0 Å². The van der Waals surface area contributed by atoms with Gasteiger partial charge in [-0.2, -0.15) is 0 Å². The van der Waals surface area contributed by atoms with Gasteiger partial charge < -0.3 is 10.1 Å². The summed E-state index contributed by atoms with van der Waals surface area (Å²) in [5.41, 5.74) is 0.0887. The summed E-state index contributed by atoms with van der Waals surface area (Å²) < 4.78 is 6.23. The van der Waals surface area contributed by atoms with Gasteiger partial charge in [0.05, 0.1) is 5.60 Å². The van der Waals surface area contributed by atoms with E-state index in [1.165, 1.54) is 25.7 Å². The summed E-state index contributed by atoms with van der Waals surface area (Å²) in [7, 11) is 0. The van der Waals surface area contributed by atoms with E-state index in [0.29, 0.717) is 12.0 Å². The lowest BCUT2D eigenvalue weighted by molar-refractivity contribution is -0.105. The van der Waals surface area contributed by atoms with Crippen molar-refractivity contribution in [3.8, 4) is 0 Å². The first-order valence-electron chi connectivity index (χ1n) is 7.43. The molecule has 0 aromatic rings. The van der Waals surface area contributed by atoms with Crippen LogP contribution < -0.4 is 5.32 Å². The Morgan fingerprint density at radius 1 is 1.24 bits per heavy atom. The van der Waals surface area contributed by atoms with Crippen LogP contribution in [0.1, 0.15) is 60.3 Å². The normalized spacial score (nSPS) is 31.8. The van der Waals surface area contributed by atoms with Gasteiger partial charge in [0.15, 0.2) is 0 Å². The highest BCUT2D eigenvalue weighted by atomic mass is 16.5. The summed E-state index contributed by atoms with van der Waals surface area (Å²) in [5.74, 6) is 1.51. The first kappa shape index (κ1) is 15.0. The molecule has 1 N–H and O–H groups in total. The van der Waals surface area contributed by atoms with Crippen molar-refractivity contribution in [2.45, 2.75) is 71.9 Å². The lowest BCUT2D eigenvalue weighted by atomic mass is 9.72. The summed E-state index contributed by atoms with van der Waals surface area (Å²) in [4.78, 5) is 0. The molecule has 1 fully saturated rings. The average molecular weight is 241 g/mol. The minimum absolute atomic E-state index is 0.0887. The molecule has 0 aromatic heterocycles. The number of hydrogen-bond acceptors (Lipinski definition) is 2. The van der Waals surface area contributed by atoms with Crippen LogP contribution in [-0.2, 0) is 4.74 Å². The van der Waals surface area contributed by atoms with Crippen LogP contribution in [0.4, 0.5) is 0 Å². The Balaban J connectivity index is 2.80. The first-order chi connectivity index (χ1) is 8.05. The zero-order valence-electron chi connectivity index (χ0n) is 12.4. The molecule has 0 aromatic carbocycles. The smallest absolute Gasteiger partial charge is 0.0837 e. The molecule has 0 bridgehead atoms. The van der Waals surface area contributed by atoms with Crippen molar-refractivity contribution in [1.82, 2.24) is 5.32 Å². The van der Waals surface area contributed by atoms with E-state index in [9.17, 15) is 0 Å². The van der Waals surface area contributed by atoms with Crippen molar-refractivity contribution in [2.24, 2.45) is 11.8 Å². The molecule has 1 aliphatic carbocycles. The Bertz CT molecular complexity index is 207. The quantitative estimate of drug-likeness (QED) is 0.767. The van der Waals surface area contributed by atoms with E-state index in [1.54, 1.807) is 0 Å². The Hall–Kier alpha value is -0.0800. The molecule has 17 heavy (non-hydrogen) atoms. The van der Waals surface area contributed by atoms with E-state index in [1.807, 2.05) is 0 Å². The van der Waals surface area contributed by atoms with Crippen molar-refractivity contribution in [1.29, 1.82) is 0 Å². The molecule has 1 unspecified atom stereocenters. The average Bonchev–Trinajstić information content (AvgIpc) is 2.29. The molecule has 1 rings (SSSR count). The fourth-order valence-corrected chi connectivity index (χ4v) is 3.33. The van der Waals surface area contributed by atoms with Gasteiger partial charge in [-0.15, -0.1) is 0 Å². The maximum atomic E-state index is 6.23. The van der Waals surface area contributed by atoms with Crippen molar-refractivity contribution < 1.29 is 4.74 Å². The van der Waals surface area contributed by atoms with Crippen molar-refractivity contribution in [3.05, 3.63) is 0 Å². The molecule has 0 amide bonds. The van der Waals surface area contributed by atoms with Gasteiger partial charge in [-0.1, -0.05) is 27.7 Å². The van der Waals surface area contributed by atoms with E-state index < -0.39 is 0 Å². The summed E-state index contributed by atoms with van der Waals surface area (Å²) in [6.07, 6.45) is 5.07. The third-order valence-corrected chi connectivity index (χ3v) is 4.21. The number of likely N-dealkylation sites (N-methyl/N-ethyl adjacent to an activating group) is 1. The molecule has 2 nitrogen and oxygen atoms in total. The van der Waals surface area contributed by atoms with Gasteiger partial charge in [0.2, 0.25) is 0 Å². The lowest BCUT2D eigenvalue weighted by Gasteiger charge is -2.46. The number of rotatable bonds is 6. The van der Waals surface area contributed by atoms with Crippen LogP contribution in [0.15, 0.2) is 0 Å². The highest BCUT2D eigenvalue weighted by Gasteiger charge is 2.42. The fourth-order valence-electron chi connectivity index (χ4n) is 3.33. The molecule has 0 heterocycles. The summed E-state index contributed by atoms with van der Waals surface area (Å²) in [6, 6.07) is 0.500. The molecule has 1 saturated carbocycles. The highest BCUT2D eigenvalue weighted by Crippen LogP contribution is 2.39. The Morgan fingerprint density at radius 2 is 1.82 bits per heavy atom. The third kappa shape index (κ3) is 3.69. The molecular weight excluding hydrogens is 210 g/mol. The second-order valence-corrected chi connectivity index (χ2v) is 5.96.